The highest BCUT2D eigenvalue weighted by atomic mass is 16.5. The molecule has 1 fully saturated rings. The summed E-state index contributed by atoms with van der Waals surface area (Å²) in [6.07, 6.45) is 2.72. The Balaban J connectivity index is 1.58. The number of carbonyl (C=O) groups is 1. The van der Waals surface area contributed by atoms with Gasteiger partial charge in [0, 0.05) is 12.0 Å². The monoisotopic (exact) mass is 274 g/mol. The van der Waals surface area contributed by atoms with Crippen molar-refractivity contribution in [2.45, 2.75) is 38.3 Å². The summed E-state index contributed by atoms with van der Waals surface area (Å²) in [7, 11) is 0. The van der Waals surface area contributed by atoms with Crippen LogP contribution in [0.15, 0.2) is 24.3 Å². The van der Waals surface area contributed by atoms with E-state index in [0.717, 1.165) is 31.6 Å². The number of amides is 1. The average molecular weight is 274 g/mol. The van der Waals surface area contributed by atoms with Gasteiger partial charge in [0.2, 0.25) is 5.91 Å². The van der Waals surface area contributed by atoms with Gasteiger partial charge in [-0.05, 0) is 44.4 Å². The first-order valence-corrected chi connectivity index (χ1v) is 7.47. The van der Waals surface area contributed by atoms with Crippen LogP contribution in [0.1, 0.15) is 25.3 Å². The summed E-state index contributed by atoms with van der Waals surface area (Å²) in [5, 5.41) is 6.54. The molecule has 0 bridgehead atoms. The number of benzene rings is 1. The third kappa shape index (κ3) is 2.96. The van der Waals surface area contributed by atoms with Gasteiger partial charge in [-0.1, -0.05) is 18.2 Å². The van der Waals surface area contributed by atoms with E-state index in [1.165, 1.54) is 5.56 Å². The van der Waals surface area contributed by atoms with E-state index in [9.17, 15) is 4.79 Å². The lowest BCUT2D eigenvalue weighted by molar-refractivity contribution is -0.127. The molecule has 4 nitrogen and oxygen atoms in total. The molecule has 1 saturated heterocycles. The Bertz CT molecular complexity index is 489. The number of ether oxygens (including phenoxy) is 1. The van der Waals surface area contributed by atoms with Crippen LogP contribution in [0.25, 0.3) is 0 Å². The Labute approximate surface area is 119 Å². The normalized spacial score (nSPS) is 29.1. The van der Waals surface area contributed by atoms with Crippen LogP contribution in [0.4, 0.5) is 0 Å². The third-order valence-electron chi connectivity index (χ3n) is 4.22. The molecule has 20 heavy (non-hydrogen) atoms. The number of rotatable bonds is 2. The number of hydrogen-bond acceptors (Lipinski definition) is 3. The van der Waals surface area contributed by atoms with Crippen molar-refractivity contribution in [1.82, 2.24) is 10.6 Å². The largest absolute Gasteiger partial charge is 0.491 e. The summed E-state index contributed by atoms with van der Waals surface area (Å²) < 4.78 is 5.72. The fourth-order valence-corrected chi connectivity index (χ4v) is 3.11. The van der Waals surface area contributed by atoms with Crippen LogP contribution in [0.2, 0.25) is 0 Å². The van der Waals surface area contributed by atoms with E-state index in [4.69, 9.17) is 4.74 Å². The summed E-state index contributed by atoms with van der Waals surface area (Å²) in [5.41, 5.74) is 1.18. The van der Waals surface area contributed by atoms with Gasteiger partial charge >= 0.3 is 0 Å². The van der Waals surface area contributed by atoms with Crippen LogP contribution in [0, 0.1) is 5.92 Å². The Kier molecular flexibility index (Phi) is 3.92. The smallest absolute Gasteiger partial charge is 0.223 e. The molecular weight excluding hydrogens is 252 g/mol. The second-order valence-corrected chi connectivity index (χ2v) is 5.90. The van der Waals surface area contributed by atoms with Crippen LogP contribution in [-0.4, -0.2) is 31.1 Å². The maximum atomic E-state index is 12.3. The summed E-state index contributed by atoms with van der Waals surface area (Å²) >= 11 is 0. The molecule has 1 aromatic rings. The molecule has 0 spiro atoms. The first-order valence-electron chi connectivity index (χ1n) is 7.47. The van der Waals surface area contributed by atoms with Crippen LogP contribution >= 0.6 is 0 Å². The predicted octanol–water partition coefficient (Wildman–Crippen LogP) is 1.49. The van der Waals surface area contributed by atoms with E-state index < -0.39 is 0 Å². The van der Waals surface area contributed by atoms with Crippen molar-refractivity contribution in [3.63, 3.8) is 0 Å². The maximum Gasteiger partial charge on any atom is 0.223 e. The van der Waals surface area contributed by atoms with E-state index in [1.807, 2.05) is 18.2 Å². The zero-order valence-electron chi connectivity index (χ0n) is 11.9. The predicted molar refractivity (Wildman–Crippen MR) is 77.8 cm³/mol. The number of piperidine rings is 1. The van der Waals surface area contributed by atoms with Crippen molar-refractivity contribution in [2.75, 3.05) is 13.2 Å². The van der Waals surface area contributed by atoms with Gasteiger partial charge in [0.25, 0.3) is 0 Å². The highest BCUT2D eigenvalue weighted by Gasteiger charge is 2.28. The SMILES string of the molecule is C[C@H]1C[C@@H](C(=O)NC2COc3ccccc3C2)CCN1. The summed E-state index contributed by atoms with van der Waals surface area (Å²) in [6, 6.07) is 8.59. The zero-order valence-corrected chi connectivity index (χ0v) is 11.9. The van der Waals surface area contributed by atoms with Crippen molar-refractivity contribution in [1.29, 1.82) is 0 Å². The Morgan fingerprint density at radius 1 is 1.40 bits per heavy atom. The summed E-state index contributed by atoms with van der Waals surface area (Å²) in [5.74, 6) is 1.28. The molecule has 1 aromatic carbocycles. The zero-order chi connectivity index (χ0) is 13.9. The molecule has 2 N–H and O–H groups in total. The second kappa shape index (κ2) is 5.83. The maximum absolute atomic E-state index is 12.3. The molecule has 0 radical (unpaired) electrons. The van der Waals surface area contributed by atoms with E-state index in [2.05, 4.69) is 23.6 Å². The Morgan fingerprint density at radius 3 is 3.10 bits per heavy atom. The number of nitrogens with one attached hydrogen (secondary N) is 2. The van der Waals surface area contributed by atoms with Crippen molar-refractivity contribution in [2.24, 2.45) is 5.92 Å². The molecule has 0 aromatic heterocycles. The van der Waals surface area contributed by atoms with Gasteiger partial charge < -0.3 is 15.4 Å². The van der Waals surface area contributed by atoms with Crippen molar-refractivity contribution in [3.05, 3.63) is 29.8 Å². The summed E-state index contributed by atoms with van der Waals surface area (Å²) in [4.78, 5) is 12.3. The van der Waals surface area contributed by atoms with Gasteiger partial charge in [-0.3, -0.25) is 4.79 Å². The van der Waals surface area contributed by atoms with Gasteiger partial charge in [-0.2, -0.15) is 0 Å². The lowest BCUT2D eigenvalue weighted by Crippen LogP contribution is -2.48. The van der Waals surface area contributed by atoms with Gasteiger partial charge in [-0.15, -0.1) is 0 Å². The lowest BCUT2D eigenvalue weighted by atomic mass is 9.92. The Morgan fingerprint density at radius 2 is 2.25 bits per heavy atom. The molecule has 3 atom stereocenters. The molecule has 2 heterocycles. The van der Waals surface area contributed by atoms with E-state index >= 15 is 0 Å². The van der Waals surface area contributed by atoms with Crippen LogP contribution in [-0.2, 0) is 11.2 Å². The quantitative estimate of drug-likeness (QED) is 0.859. The summed E-state index contributed by atoms with van der Waals surface area (Å²) in [6.45, 7) is 3.64. The van der Waals surface area contributed by atoms with Gasteiger partial charge in [0.1, 0.15) is 12.4 Å². The molecule has 0 saturated carbocycles. The molecule has 1 unspecified atom stereocenters. The first kappa shape index (κ1) is 13.4. The van der Waals surface area contributed by atoms with Crippen LogP contribution in [0.3, 0.4) is 0 Å². The fourth-order valence-electron chi connectivity index (χ4n) is 3.11. The van der Waals surface area contributed by atoms with Crippen molar-refractivity contribution in [3.8, 4) is 5.75 Å². The van der Waals surface area contributed by atoms with Gasteiger partial charge in [0.05, 0.1) is 6.04 Å². The molecule has 4 heteroatoms. The third-order valence-corrected chi connectivity index (χ3v) is 4.22. The standard InChI is InChI=1S/C16H22N2O2/c1-11-8-13(6-7-17-11)16(19)18-14-9-12-4-2-3-5-15(12)20-10-14/h2-5,11,13-14,17H,6-10H2,1H3,(H,18,19)/t11-,13-,14?/m0/s1. The topological polar surface area (TPSA) is 50.4 Å². The van der Waals surface area contributed by atoms with E-state index in [-0.39, 0.29) is 17.9 Å². The van der Waals surface area contributed by atoms with Crippen molar-refractivity contribution >= 4 is 5.91 Å². The van der Waals surface area contributed by atoms with Crippen molar-refractivity contribution < 1.29 is 9.53 Å². The average Bonchev–Trinajstić information content (AvgIpc) is 2.47. The fraction of sp³-hybridized carbons (Fsp3) is 0.562. The minimum Gasteiger partial charge on any atom is -0.491 e. The first-order chi connectivity index (χ1) is 9.72. The van der Waals surface area contributed by atoms with E-state index in [0.29, 0.717) is 12.6 Å². The number of para-hydroxylation sites is 1. The van der Waals surface area contributed by atoms with Gasteiger partial charge in [0.15, 0.2) is 0 Å². The van der Waals surface area contributed by atoms with Gasteiger partial charge in [-0.25, -0.2) is 0 Å². The van der Waals surface area contributed by atoms with E-state index in [1.54, 1.807) is 0 Å². The molecule has 2 aliphatic rings. The van der Waals surface area contributed by atoms with Crippen LogP contribution in [0.5, 0.6) is 5.75 Å². The molecule has 108 valence electrons. The Hall–Kier alpha value is -1.55. The number of fused-ring (bicyclic) bond motifs is 1. The number of hydrogen-bond donors (Lipinski definition) is 2. The minimum atomic E-state index is 0.0996. The second-order valence-electron chi connectivity index (χ2n) is 5.90. The highest BCUT2D eigenvalue weighted by molar-refractivity contribution is 5.79. The number of carbonyl (C=O) groups excluding carboxylic acids is 1. The molecular formula is C16H22N2O2. The molecule has 0 aliphatic carbocycles. The minimum absolute atomic E-state index is 0.0996. The molecule has 2 aliphatic heterocycles. The van der Waals surface area contributed by atoms with Crippen LogP contribution < -0.4 is 15.4 Å². The molecule has 1 amide bonds. The molecule has 3 rings (SSSR count). The lowest BCUT2D eigenvalue weighted by Gasteiger charge is -2.30. The highest BCUT2D eigenvalue weighted by Crippen LogP contribution is 2.24.